The standard InChI is InChI=1S/C16H15NO2/c1-16(2)10-14(18)17(15(16)19)13-9-5-7-11-6-3-4-8-12(11)13/h3-9H,10H2,1-2H3. The topological polar surface area (TPSA) is 37.4 Å². The molecule has 2 amide bonds. The van der Waals surface area contributed by atoms with Crippen LogP contribution in [0.3, 0.4) is 0 Å². The van der Waals surface area contributed by atoms with Gasteiger partial charge in [0.25, 0.3) is 0 Å². The van der Waals surface area contributed by atoms with Crippen molar-refractivity contribution in [1.82, 2.24) is 0 Å². The number of nitrogens with zero attached hydrogens (tertiary/aromatic N) is 1. The second-order valence-corrected chi connectivity index (χ2v) is 5.59. The molecule has 0 N–H and O–H groups in total. The van der Waals surface area contributed by atoms with E-state index < -0.39 is 5.41 Å². The largest absolute Gasteiger partial charge is 0.274 e. The van der Waals surface area contributed by atoms with Gasteiger partial charge in [-0.2, -0.15) is 0 Å². The van der Waals surface area contributed by atoms with Gasteiger partial charge in [-0.1, -0.05) is 50.2 Å². The number of amides is 2. The predicted molar refractivity (Wildman–Crippen MR) is 74.8 cm³/mol. The van der Waals surface area contributed by atoms with Gasteiger partial charge in [-0.25, -0.2) is 4.90 Å². The highest BCUT2D eigenvalue weighted by Crippen LogP contribution is 2.37. The third kappa shape index (κ3) is 1.73. The SMILES string of the molecule is CC1(C)CC(=O)N(c2cccc3ccccc23)C1=O. The average Bonchev–Trinajstić information content (AvgIpc) is 2.58. The van der Waals surface area contributed by atoms with Crippen LogP contribution < -0.4 is 4.90 Å². The summed E-state index contributed by atoms with van der Waals surface area (Å²) >= 11 is 0. The monoisotopic (exact) mass is 253 g/mol. The van der Waals surface area contributed by atoms with Gasteiger partial charge in [0, 0.05) is 11.8 Å². The molecule has 0 saturated carbocycles. The van der Waals surface area contributed by atoms with Gasteiger partial charge in [-0.3, -0.25) is 9.59 Å². The van der Waals surface area contributed by atoms with Crippen molar-refractivity contribution >= 4 is 28.3 Å². The minimum atomic E-state index is -0.603. The lowest BCUT2D eigenvalue weighted by Gasteiger charge is -2.19. The molecule has 96 valence electrons. The number of carbonyl (C=O) groups is 2. The molecule has 1 aliphatic heterocycles. The van der Waals surface area contributed by atoms with Gasteiger partial charge in [-0.15, -0.1) is 0 Å². The third-order valence-electron chi connectivity index (χ3n) is 3.63. The van der Waals surface area contributed by atoms with Crippen molar-refractivity contribution in [2.45, 2.75) is 20.3 Å². The summed E-state index contributed by atoms with van der Waals surface area (Å²) in [5.74, 6) is -0.236. The fraction of sp³-hybridized carbons (Fsp3) is 0.250. The van der Waals surface area contributed by atoms with Crippen LogP contribution in [0.2, 0.25) is 0 Å². The number of benzene rings is 2. The predicted octanol–water partition coefficient (Wildman–Crippen LogP) is 3.13. The van der Waals surface area contributed by atoms with Crippen molar-refractivity contribution in [2.75, 3.05) is 4.90 Å². The van der Waals surface area contributed by atoms with Gasteiger partial charge in [0.1, 0.15) is 0 Å². The Hall–Kier alpha value is -2.16. The number of hydrogen-bond donors (Lipinski definition) is 0. The van der Waals surface area contributed by atoms with Crippen LogP contribution in [0.25, 0.3) is 10.8 Å². The zero-order valence-electron chi connectivity index (χ0n) is 11.0. The smallest absolute Gasteiger partial charge is 0.239 e. The Bertz CT molecular complexity index is 683. The molecular weight excluding hydrogens is 238 g/mol. The Balaban J connectivity index is 2.21. The van der Waals surface area contributed by atoms with Crippen molar-refractivity contribution in [2.24, 2.45) is 5.41 Å². The van der Waals surface area contributed by atoms with Crippen molar-refractivity contribution in [1.29, 1.82) is 0 Å². The molecule has 1 heterocycles. The van der Waals surface area contributed by atoms with Crippen LogP contribution in [0.4, 0.5) is 5.69 Å². The molecule has 3 rings (SSSR count). The molecule has 1 saturated heterocycles. The van der Waals surface area contributed by atoms with Gasteiger partial charge in [-0.05, 0) is 11.5 Å². The zero-order chi connectivity index (χ0) is 13.6. The molecule has 0 aromatic heterocycles. The van der Waals surface area contributed by atoms with Crippen molar-refractivity contribution in [3.63, 3.8) is 0 Å². The normalized spacial score (nSPS) is 18.3. The molecule has 1 aliphatic rings. The maximum absolute atomic E-state index is 12.4. The van der Waals surface area contributed by atoms with E-state index in [4.69, 9.17) is 0 Å². The van der Waals surface area contributed by atoms with Crippen LogP contribution in [-0.4, -0.2) is 11.8 Å². The summed E-state index contributed by atoms with van der Waals surface area (Å²) in [6.07, 6.45) is 0.273. The van der Waals surface area contributed by atoms with E-state index in [-0.39, 0.29) is 18.2 Å². The molecule has 2 aromatic rings. The molecule has 0 aliphatic carbocycles. The first-order chi connectivity index (χ1) is 9.00. The molecule has 2 aromatic carbocycles. The van der Waals surface area contributed by atoms with Crippen LogP contribution in [0.15, 0.2) is 42.5 Å². The quantitative estimate of drug-likeness (QED) is 0.732. The van der Waals surface area contributed by atoms with Crippen LogP contribution >= 0.6 is 0 Å². The number of hydrogen-bond acceptors (Lipinski definition) is 2. The Morgan fingerprint density at radius 2 is 1.68 bits per heavy atom. The molecular formula is C16H15NO2. The highest BCUT2D eigenvalue weighted by molar-refractivity contribution is 6.25. The van der Waals surface area contributed by atoms with E-state index in [9.17, 15) is 9.59 Å². The van der Waals surface area contributed by atoms with Crippen molar-refractivity contribution in [3.8, 4) is 0 Å². The maximum Gasteiger partial charge on any atom is 0.239 e. The van der Waals surface area contributed by atoms with Crippen LogP contribution in [0.1, 0.15) is 20.3 Å². The Morgan fingerprint density at radius 3 is 2.37 bits per heavy atom. The lowest BCUT2D eigenvalue weighted by Crippen LogP contribution is -2.33. The number of carbonyl (C=O) groups excluding carboxylic acids is 2. The van der Waals surface area contributed by atoms with E-state index in [1.165, 1.54) is 4.90 Å². The second-order valence-electron chi connectivity index (χ2n) is 5.59. The van der Waals surface area contributed by atoms with Gasteiger partial charge < -0.3 is 0 Å². The third-order valence-corrected chi connectivity index (χ3v) is 3.63. The molecule has 1 fully saturated rings. The minimum Gasteiger partial charge on any atom is -0.274 e. The summed E-state index contributed by atoms with van der Waals surface area (Å²) in [6, 6.07) is 13.5. The molecule has 0 unspecified atom stereocenters. The zero-order valence-corrected chi connectivity index (χ0v) is 11.0. The Morgan fingerprint density at radius 1 is 1.00 bits per heavy atom. The number of fused-ring (bicyclic) bond motifs is 1. The number of rotatable bonds is 1. The van der Waals surface area contributed by atoms with Gasteiger partial charge in [0.05, 0.1) is 11.1 Å². The first kappa shape index (κ1) is 11.9. The fourth-order valence-corrected chi connectivity index (χ4v) is 2.60. The highest BCUT2D eigenvalue weighted by Gasteiger charge is 2.45. The number of anilines is 1. The molecule has 3 heteroatoms. The van der Waals surface area contributed by atoms with Crippen molar-refractivity contribution < 1.29 is 9.59 Å². The minimum absolute atomic E-state index is 0.117. The maximum atomic E-state index is 12.4. The second kappa shape index (κ2) is 3.92. The molecule has 19 heavy (non-hydrogen) atoms. The number of imide groups is 1. The molecule has 0 atom stereocenters. The molecule has 0 bridgehead atoms. The molecule has 0 radical (unpaired) electrons. The molecule has 0 spiro atoms. The van der Waals surface area contributed by atoms with Crippen LogP contribution in [-0.2, 0) is 9.59 Å². The summed E-state index contributed by atoms with van der Waals surface area (Å²) in [5, 5.41) is 1.97. The van der Waals surface area contributed by atoms with E-state index in [0.29, 0.717) is 5.69 Å². The van der Waals surface area contributed by atoms with Gasteiger partial charge in [0.2, 0.25) is 11.8 Å². The van der Waals surface area contributed by atoms with Gasteiger partial charge >= 0.3 is 0 Å². The Kier molecular flexibility index (Phi) is 2.45. The van der Waals surface area contributed by atoms with Crippen molar-refractivity contribution in [3.05, 3.63) is 42.5 Å². The summed E-state index contributed by atoms with van der Waals surface area (Å²) in [7, 11) is 0. The summed E-state index contributed by atoms with van der Waals surface area (Å²) in [6.45, 7) is 3.64. The fourth-order valence-electron chi connectivity index (χ4n) is 2.60. The van der Waals surface area contributed by atoms with E-state index in [2.05, 4.69) is 0 Å². The van der Waals surface area contributed by atoms with E-state index in [1.54, 1.807) is 0 Å². The first-order valence-electron chi connectivity index (χ1n) is 6.36. The molecule has 3 nitrogen and oxygen atoms in total. The van der Waals surface area contributed by atoms with Crippen LogP contribution in [0.5, 0.6) is 0 Å². The Labute approximate surface area is 111 Å². The van der Waals surface area contributed by atoms with Crippen LogP contribution in [0, 0.1) is 5.41 Å². The van der Waals surface area contributed by atoms with E-state index in [1.807, 2.05) is 56.3 Å². The average molecular weight is 253 g/mol. The summed E-state index contributed by atoms with van der Waals surface area (Å²) in [5.41, 5.74) is 0.0901. The summed E-state index contributed by atoms with van der Waals surface area (Å²) in [4.78, 5) is 25.9. The summed E-state index contributed by atoms with van der Waals surface area (Å²) < 4.78 is 0. The van der Waals surface area contributed by atoms with E-state index in [0.717, 1.165) is 10.8 Å². The lowest BCUT2D eigenvalue weighted by molar-refractivity contribution is -0.124. The van der Waals surface area contributed by atoms with E-state index >= 15 is 0 Å². The highest BCUT2D eigenvalue weighted by atomic mass is 16.2. The lowest BCUT2D eigenvalue weighted by atomic mass is 9.92. The van der Waals surface area contributed by atoms with Gasteiger partial charge in [0.15, 0.2) is 0 Å². The first-order valence-corrected chi connectivity index (χ1v) is 6.36.